The van der Waals surface area contributed by atoms with Crippen molar-refractivity contribution in [2.75, 3.05) is 38.6 Å². The topological polar surface area (TPSA) is 87.7 Å². The van der Waals surface area contributed by atoms with Crippen LogP contribution in [0, 0.1) is 11.3 Å². The van der Waals surface area contributed by atoms with E-state index in [9.17, 15) is 9.59 Å². The quantitative estimate of drug-likeness (QED) is 0.748. The van der Waals surface area contributed by atoms with Crippen LogP contribution in [0.15, 0.2) is 18.9 Å². The van der Waals surface area contributed by atoms with Crippen molar-refractivity contribution in [2.45, 2.75) is 25.3 Å². The van der Waals surface area contributed by atoms with Gasteiger partial charge in [0.1, 0.15) is 5.02 Å². The van der Waals surface area contributed by atoms with E-state index in [4.69, 9.17) is 16.3 Å². The molecular weight excluding hydrogens is 382 g/mol. The Hall–Kier alpha value is -2.35. The number of hydrogen-bond acceptors (Lipinski definition) is 6. The van der Waals surface area contributed by atoms with Crippen LogP contribution in [0.4, 0.5) is 5.95 Å². The highest BCUT2D eigenvalue weighted by Crippen LogP contribution is 2.52. The number of halogens is 1. The van der Waals surface area contributed by atoms with Crippen LogP contribution in [0.5, 0.6) is 5.88 Å². The van der Waals surface area contributed by atoms with Crippen LogP contribution < -0.4 is 10.1 Å². The smallest absolute Gasteiger partial charge is 0.245 e. The van der Waals surface area contributed by atoms with E-state index in [1.807, 2.05) is 4.90 Å². The van der Waals surface area contributed by atoms with Gasteiger partial charge in [-0.2, -0.15) is 4.98 Å². The first-order valence-electron chi connectivity index (χ1n) is 9.46. The summed E-state index contributed by atoms with van der Waals surface area (Å²) in [5, 5.41) is 3.62. The number of ether oxygens (including phenoxy) is 1. The van der Waals surface area contributed by atoms with E-state index in [0.717, 1.165) is 38.9 Å². The highest BCUT2D eigenvalue weighted by atomic mass is 35.5. The largest absolute Gasteiger partial charge is 0.480 e. The molecule has 1 spiro atoms. The molecule has 1 aromatic heterocycles. The molecule has 1 atom stereocenters. The van der Waals surface area contributed by atoms with E-state index in [-0.39, 0.29) is 29.2 Å². The molecule has 2 aliphatic heterocycles. The van der Waals surface area contributed by atoms with Crippen molar-refractivity contribution in [1.29, 1.82) is 0 Å². The number of methoxy groups -OCH3 is 1. The number of aromatic nitrogens is 2. The van der Waals surface area contributed by atoms with Crippen LogP contribution in [0.2, 0.25) is 5.02 Å². The summed E-state index contributed by atoms with van der Waals surface area (Å²) in [5.41, 5.74) is 0.157. The van der Waals surface area contributed by atoms with Crippen LogP contribution in [-0.2, 0) is 9.59 Å². The summed E-state index contributed by atoms with van der Waals surface area (Å²) < 4.78 is 5.11. The maximum Gasteiger partial charge on any atom is 0.245 e. The minimum absolute atomic E-state index is 0.0186. The van der Waals surface area contributed by atoms with Gasteiger partial charge < -0.3 is 19.9 Å². The molecule has 2 amide bonds. The third-order valence-electron chi connectivity index (χ3n) is 5.99. The van der Waals surface area contributed by atoms with Crippen LogP contribution in [0.1, 0.15) is 19.3 Å². The van der Waals surface area contributed by atoms with E-state index in [1.54, 1.807) is 4.90 Å². The zero-order valence-corrected chi connectivity index (χ0v) is 16.6. The highest BCUT2D eigenvalue weighted by Gasteiger charge is 2.56. The lowest BCUT2D eigenvalue weighted by Crippen LogP contribution is -2.65. The predicted octanol–water partition coefficient (Wildman–Crippen LogP) is 1.58. The van der Waals surface area contributed by atoms with Crippen molar-refractivity contribution in [3.63, 3.8) is 0 Å². The lowest BCUT2D eigenvalue weighted by atomic mass is 9.57. The number of hydrogen-bond donors (Lipinski definition) is 1. The maximum absolute atomic E-state index is 12.8. The number of carbonyl (C=O) groups excluding carboxylic acids is 2. The van der Waals surface area contributed by atoms with Crippen molar-refractivity contribution >= 4 is 29.4 Å². The summed E-state index contributed by atoms with van der Waals surface area (Å²) in [7, 11) is 1.51. The molecule has 0 radical (unpaired) electrons. The molecule has 9 heteroatoms. The molecule has 1 saturated carbocycles. The molecule has 0 bridgehead atoms. The average molecular weight is 406 g/mol. The Morgan fingerprint density at radius 2 is 2.14 bits per heavy atom. The van der Waals surface area contributed by atoms with Crippen LogP contribution in [0.25, 0.3) is 0 Å². The summed E-state index contributed by atoms with van der Waals surface area (Å²) in [6, 6.07) is 0.105. The second-order valence-corrected chi connectivity index (χ2v) is 8.38. The average Bonchev–Trinajstić information content (AvgIpc) is 3.09. The van der Waals surface area contributed by atoms with Gasteiger partial charge in [-0.1, -0.05) is 18.2 Å². The summed E-state index contributed by atoms with van der Waals surface area (Å²) >= 11 is 5.95. The number of anilines is 1. The fourth-order valence-electron chi connectivity index (χ4n) is 4.55. The fourth-order valence-corrected chi connectivity index (χ4v) is 4.72. The third-order valence-corrected chi connectivity index (χ3v) is 6.24. The Morgan fingerprint density at radius 3 is 2.82 bits per heavy atom. The molecule has 1 aromatic rings. The summed E-state index contributed by atoms with van der Waals surface area (Å²) in [6.45, 7) is 6.39. The van der Waals surface area contributed by atoms with E-state index in [1.165, 1.54) is 19.4 Å². The standard InChI is InChI=1S/C19H24ClN5O3/c1-3-15(26)25-10-19(11-25)6-12(7-19)17(27)24-5-4-13(9-24)22-18-21-8-14(20)16(23-18)28-2/h3,8,12-13H,1,4-7,9-11H2,2H3,(H,21,22,23). The molecule has 2 saturated heterocycles. The number of likely N-dealkylation sites (tertiary alicyclic amines) is 2. The van der Waals surface area contributed by atoms with Gasteiger partial charge in [0.25, 0.3) is 0 Å². The van der Waals surface area contributed by atoms with Gasteiger partial charge in [0, 0.05) is 43.6 Å². The summed E-state index contributed by atoms with van der Waals surface area (Å²) in [4.78, 5) is 36.5. The zero-order chi connectivity index (χ0) is 19.9. The lowest BCUT2D eigenvalue weighted by molar-refractivity contribution is -0.160. The maximum atomic E-state index is 12.8. The fraction of sp³-hybridized carbons (Fsp3) is 0.579. The monoisotopic (exact) mass is 405 g/mol. The molecule has 28 heavy (non-hydrogen) atoms. The van der Waals surface area contributed by atoms with Crippen molar-refractivity contribution in [1.82, 2.24) is 19.8 Å². The van der Waals surface area contributed by atoms with Crippen molar-refractivity contribution in [3.05, 3.63) is 23.9 Å². The van der Waals surface area contributed by atoms with E-state index < -0.39 is 0 Å². The number of nitrogens with one attached hydrogen (secondary N) is 1. The second kappa shape index (κ2) is 7.24. The normalized spacial score (nSPS) is 23.1. The van der Waals surface area contributed by atoms with Crippen molar-refractivity contribution < 1.29 is 14.3 Å². The molecule has 1 aliphatic carbocycles. The SMILES string of the molecule is C=CC(=O)N1CC2(CC(C(=O)N3CCC(Nc4ncc(Cl)c(OC)n4)C3)C2)C1. The van der Waals surface area contributed by atoms with Crippen molar-refractivity contribution in [2.24, 2.45) is 11.3 Å². The Labute approximate surface area is 168 Å². The molecule has 3 aliphatic rings. The molecule has 4 rings (SSSR count). The Morgan fingerprint density at radius 1 is 1.39 bits per heavy atom. The lowest BCUT2D eigenvalue weighted by Gasteiger charge is -2.58. The first kappa shape index (κ1) is 19.0. The third kappa shape index (κ3) is 3.41. The number of amides is 2. The van der Waals surface area contributed by atoms with Gasteiger partial charge in [-0.15, -0.1) is 0 Å². The van der Waals surface area contributed by atoms with Gasteiger partial charge in [-0.3, -0.25) is 9.59 Å². The van der Waals surface area contributed by atoms with Crippen LogP contribution in [0.3, 0.4) is 0 Å². The number of carbonyl (C=O) groups is 2. The Kier molecular flexibility index (Phi) is 4.91. The molecule has 1 unspecified atom stereocenters. The van der Waals surface area contributed by atoms with Gasteiger partial charge in [0.05, 0.1) is 13.3 Å². The van der Waals surface area contributed by atoms with Gasteiger partial charge in [0.2, 0.25) is 23.6 Å². The molecule has 1 N–H and O–H groups in total. The minimum Gasteiger partial charge on any atom is -0.480 e. The molecule has 0 aromatic carbocycles. The van der Waals surface area contributed by atoms with Gasteiger partial charge in [-0.05, 0) is 25.3 Å². The first-order chi connectivity index (χ1) is 13.4. The summed E-state index contributed by atoms with van der Waals surface area (Å²) in [6.07, 6.45) is 5.45. The zero-order valence-electron chi connectivity index (χ0n) is 15.9. The first-order valence-corrected chi connectivity index (χ1v) is 9.84. The highest BCUT2D eigenvalue weighted by molar-refractivity contribution is 6.31. The van der Waals surface area contributed by atoms with Gasteiger partial charge >= 0.3 is 0 Å². The predicted molar refractivity (Wildman–Crippen MR) is 104 cm³/mol. The van der Waals surface area contributed by atoms with E-state index in [0.29, 0.717) is 23.4 Å². The molecular formula is C19H24ClN5O3. The minimum atomic E-state index is -0.0186. The molecule has 150 valence electrons. The van der Waals surface area contributed by atoms with Crippen LogP contribution >= 0.6 is 11.6 Å². The Balaban J connectivity index is 1.26. The van der Waals surface area contributed by atoms with E-state index in [2.05, 4.69) is 21.9 Å². The molecule has 8 nitrogen and oxygen atoms in total. The van der Waals surface area contributed by atoms with Crippen LogP contribution in [-0.4, -0.2) is 70.9 Å². The molecule has 3 heterocycles. The summed E-state index contributed by atoms with van der Waals surface area (Å²) in [5.74, 6) is 1.05. The van der Waals surface area contributed by atoms with Gasteiger partial charge in [0.15, 0.2) is 0 Å². The van der Waals surface area contributed by atoms with Gasteiger partial charge in [-0.25, -0.2) is 4.98 Å². The van der Waals surface area contributed by atoms with Crippen molar-refractivity contribution in [3.8, 4) is 5.88 Å². The van der Waals surface area contributed by atoms with E-state index >= 15 is 0 Å². The number of rotatable bonds is 5. The Bertz CT molecular complexity index is 803. The molecule has 3 fully saturated rings. The number of nitrogens with zero attached hydrogens (tertiary/aromatic N) is 4. The second-order valence-electron chi connectivity index (χ2n) is 7.97.